The lowest BCUT2D eigenvalue weighted by Crippen LogP contribution is -2.68. The fourth-order valence-corrected chi connectivity index (χ4v) is 10.6. The Labute approximate surface area is 196 Å². The Bertz CT molecular complexity index is 870. The third-order valence-corrected chi connectivity index (χ3v) is 13.2. The van der Waals surface area contributed by atoms with E-state index in [1.807, 2.05) is 0 Å². The molecular formula is C30H46O2. The first-order valence-corrected chi connectivity index (χ1v) is 13.5. The topological polar surface area (TPSA) is 34.1 Å². The van der Waals surface area contributed by atoms with Crippen LogP contribution in [0, 0.1) is 50.2 Å². The van der Waals surface area contributed by atoms with E-state index in [0.29, 0.717) is 45.5 Å². The predicted molar refractivity (Wildman–Crippen MR) is 130 cm³/mol. The molecule has 0 radical (unpaired) electrons. The van der Waals surface area contributed by atoms with Gasteiger partial charge in [-0.1, -0.05) is 48.1 Å². The molecule has 32 heavy (non-hydrogen) atoms. The predicted octanol–water partition coefficient (Wildman–Crippen LogP) is 7.56. The Balaban J connectivity index is 1.57. The number of hydrogen-bond acceptors (Lipinski definition) is 2. The minimum absolute atomic E-state index is 0.140. The van der Waals surface area contributed by atoms with E-state index in [4.69, 9.17) is 0 Å². The molecule has 0 aromatic heterocycles. The molecular weight excluding hydrogens is 392 g/mol. The largest absolute Gasteiger partial charge is 0.302 e. The van der Waals surface area contributed by atoms with Crippen LogP contribution in [-0.4, -0.2) is 12.1 Å². The molecule has 5 rings (SSSR count). The summed E-state index contributed by atoms with van der Waals surface area (Å²) < 4.78 is 0. The molecule has 5 fully saturated rings. The van der Waals surface area contributed by atoms with Crippen molar-refractivity contribution >= 4 is 12.1 Å². The van der Waals surface area contributed by atoms with E-state index in [0.717, 1.165) is 31.5 Å². The summed E-state index contributed by atoms with van der Waals surface area (Å²) in [5.74, 6) is 1.77. The van der Waals surface area contributed by atoms with E-state index < -0.39 is 5.41 Å². The summed E-state index contributed by atoms with van der Waals surface area (Å²) in [5, 5.41) is 0. The van der Waals surface area contributed by atoms with Crippen molar-refractivity contribution in [3.05, 3.63) is 12.2 Å². The molecule has 2 nitrogen and oxygen atoms in total. The molecule has 178 valence electrons. The van der Waals surface area contributed by atoms with Crippen LogP contribution in [0.1, 0.15) is 112 Å². The minimum Gasteiger partial charge on any atom is -0.302 e. The molecule has 0 saturated heterocycles. The van der Waals surface area contributed by atoms with Crippen LogP contribution in [0.5, 0.6) is 0 Å². The summed E-state index contributed by atoms with van der Waals surface area (Å²) in [4.78, 5) is 25.2. The Morgan fingerprint density at radius 3 is 2.19 bits per heavy atom. The molecule has 5 saturated carbocycles. The highest BCUT2D eigenvalue weighted by Crippen LogP contribution is 2.79. The zero-order chi connectivity index (χ0) is 23.4. The molecule has 0 aromatic rings. The number of carbonyl (C=O) groups is 2. The SMILES string of the molecule is C=C1C(=O)CC[C@H]2[C@@H]3CC[C@@]4(C)[C@@H]5CC(C)(C)CC[C@]5(C)CC[C@]4(C)[C@]3(C)CC[C@]12C=O. The molecule has 5 aliphatic rings. The molecule has 0 heterocycles. The van der Waals surface area contributed by atoms with Crippen LogP contribution in [0.25, 0.3) is 0 Å². The lowest BCUT2D eigenvalue weighted by Gasteiger charge is -2.75. The highest BCUT2D eigenvalue weighted by atomic mass is 16.1. The second-order valence-electron chi connectivity index (χ2n) is 14.6. The lowest BCUT2D eigenvalue weighted by molar-refractivity contribution is -0.259. The molecule has 5 aliphatic carbocycles. The van der Waals surface area contributed by atoms with Gasteiger partial charge in [0.2, 0.25) is 0 Å². The van der Waals surface area contributed by atoms with E-state index in [2.05, 4.69) is 48.1 Å². The van der Waals surface area contributed by atoms with Crippen molar-refractivity contribution in [2.75, 3.05) is 0 Å². The summed E-state index contributed by atoms with van der Waals surface area (Å²) in [7, 11) is 0. The Hall–Kier alpha value is -0.920. The zero-order valence-corrected chi connectivity index (χ0v) is 21.6. The smallest absolute Gasteiger partial charge is 0.159 e. The highest BCUT2D eigenvalue weighted by molar-refractivity contribution is 6.01. The van der Waals surface area contributed by atoms with Crippen LogP contribution >= 0.6 is 0 Å². The maximum absolute atomic E-state index is 12.6. The van der Waals surface area contributed by atoms with E-state index in [1.54, 1.807) is 0 Å². The molecule has 0 aliphatic heterocycles. The number of ketones is 1. The quantitative estimate of drug-likeness (QED) is 0.313. The second-order valence-corrected chi connectivity index (χ2v) is 14.6. The average Bonchev–Trinajstić information content (AvgIpc) is 2.74. The van der Waals surface area contributed by atoms with Crippen molar-refractivity contribution < 1.29 is 9.59 Å². The molecule has 2 heteroatoms. The first-order valence-electron chi connectivity index (χ1n) is 13.5. The molecule has 0 aromatic carbocycles. The van der Waals surface area contributed by atoms with Crippen LogP contribution in [-0.2, 0) is 9.59 Å². The third-order valence-electron chi connectivity index (χ3n) is 13.2. The van der Waals surface area contributed by atoms with Gasteiger partial charge in [0, 0.05) is 12.0 Å². The number of rotatable bonds is 1. The second kappa shape index (κ2) is 6.60. The third kappa shape index (κ3) is 2.54. The van der Waals surface area contributed by atoms with Gasteiger partial charge in [0.15, 0.2) is 5.78 Å². The normalized spacial score (nSPS) is 54.6. The fourth-order valence-electron chi connectivity index (χ4n) is 10.6. The van der Waals surface area contributed by atoms with Crippen molar-refractivity contribution in [3.8, 4) is 0 Å². The highest BCUT2D eigenvalue weighted by Gasteiger charge is 2.72. The summed E-state index contributed by atoms with van der Waals surface area (Å²) in [6.07, 6.45) is 13.8. The van der Waals surface area contributed by atoms with Gasteiger partial charge in [0.25, 0.3) is 0 Å². The van der Waals surface area contributed by atoms with Gasteiger partial charge in [-0.15, -0.1) is 0 Å². The van der Waals surface area contributed by atoms with Crippen molar-refractivity contribution in [3.63, 3.8) is 0 Å². The molecule has 8 atom stereocenters. The van der Waals surface area contributed by atoms with Gasteiger partial charge in [-0.3, -0.25) is 4.79 Å². The maximum atomic E-state index is 12.6. The van der Waals surface area contributed by atoms with Gasteiger partial charge in [-0.05, 0) is 109 Å². The Morgan fingerprint density at radius 2 is 1.50 bits per heavy atom. The standard InChI is InChI=1S/C30H46O2/c1-20-23(32)9-8-22-21-10-11-28(6)24-18-25(2,3)12-13-26(24,4)14-16-29(28,7)27(21,5)15-17-30(20,22)19-31/h19,21-22,24H,1,8-18H2,2-7H3/t21-,22-,24+,26+,27+,28-,29+,30-/m0/s1. The van der Waals surface area contributed by atoms with Crippen molar-refractivity contribution in [1.29, 1.82) is 0 Å². The number of allylic oxidation sites excluding steroid dienone is 1. The minimum atomic E-state index is -0.584. The van der Waals surface area contributed by atoms with Crippen molar-refractivity contribution in [1.82, 2.24) is 0 Å². The summed E-state index contributed by atoms with van der Waals surface area (Å²) in [6, 6.07) is 0. The van der Waals surface area contributed by atoms with E-state index in [-0.39, 0.29) is 11.2 Å². The van der Waals surface area contributed by atoms with Gasteiger partial charge in [0.1, 0.15) is 6.29 Å². The van der Waals surface area contributed by atoms with Crippen molar-refractivity contribution in [2.24, 2.45) is 50.2 Å². The maximum Gasteiger partial charge on any atom is 0.159 e. The number of aldehydes is 1. The van der Waals surface area contributed by atoms with E-state index >= 15 is 0 Å². The summed E-state index contributed by atoms with van der Waals surface area (Å²) >= 11 is 0. The van der Waals surface area contributed by atoms with Crippen LogP contribution in [0.15, 0.2) is 12.2 Å². The van der Waals surface area contributed by atoms with Gasteiger partial charge in [-0.2, -0.15) is 0 Å². The number of fused-ring (bicyclic) bond motifs is 7. The van der Waals surface area contributed by atoms with Crippen molar-refractivity contribution in [2.45, 2.75) is 112 Å². The first kappa shape index (κ1) is 22.9. The van der Waals surface area contributed by atoms with Crippen LogP contribution in [0.4, 0.5) is 0 Å². The number of Topliss-reactive ketones (excluding diaryl/α,β-unsaturated/α-hetero) is 1. The zero-order valence-electron chi connectivity index (χ0n) is 21.6. The van der Waals surface area contributed by atoms with Gasteiger partial charge < -0.3 is 4.79 Å². The summed E-state index contributed by atoms with van der Waals surface area (Å²) in [5.41, 5.74) is 1.86. The van der Waals surface area contributed by atoms with E-state index in [1.165, 1.54) is 44.9 Å². The monoisotopic (exact) mass is 438 g/mol. The molecule has 0 bridgehead atoms. The fraction of sp³-hybridized carbons (Fsp3) is 0.867. The van der Waals surface area contributed by atoms with Gasteiger partial charge >= 0.3 is 0 Å². The summed E-state index contributed by atoms with van der Waals surface area (Å²) in [6.45, 7) is 19.7. The Morgan fingerprint density at radius 1 is 0.812 bits per heavy atom. The number of hydrogen-bond donors (Lipinski definition) is 0. The first-order chi connectivity index (χ1) is 14.8. The molecule has 0 spiro atoms. The number of carbonyl (C=O) groups excluding carboxylic acids is 2. The molecule has 0 unspecified atom stereocenters. The van der Waals surface area contributed by atoms with Gasteiger partial charge in [0.05, 0.1) is 5.41 Å². The lowest BCUT2D eigenvalue weighted by atomic mass is 9.29. The molecule has 0 amide bonds. The van der Waals surface area contributed by atoms with Crippen LogP contribution in [0.3, 0.4) is 0 Å². The Kier molecular flexibility index (Phi) is 4.71. The van der Waals surface area contributed by atoms with Gasteiger partial charge in [-0.25, -0.2) is 0 Å². The molecule has 0 N–H and O–H groups in total. The van der Waals surface area contributed by atoms with E-state index in [9.17, 15) is 9.59 Å². The van der Waals surface area contributed by atoms with Crippen LogP contribution in [0.2, 0.25) is 0 Å². The van der Waals surface area contributed by atoms with Crippen LogP contribution < -0.4 is 0 Å². The average molecular weight is 439 g/mol.